The van der Waals surface area contributed by atoms with E-state index in [0.717, 1.165) is 6.07 Å². The molecule has 0 amide bonds. The highest BCUT2D eigenvalue weighted by atomic mass is 19.2. The van der Waals surface area contributed by atoms with E-state index in [-0.39, 0.29) is 5.75 Å². The van der Waals surface area contributed by atoms with Crippen LogP contribution in [0, 0.1) is 11.6 Å². The van der Waals surface area contributed by atoms with E-state index in [1.165, 1.54) is 19.4 Å². The van der Waals surface area contributed by atoms with E-state index < -0.39 is 11.6 Å². The van der Waals surface area contributed by atoms with Crippen LogP contribution in [0.3, 0.4) is 0 Å². The lowest BCUT2D eigenvalue weighted by Gasteiger charge is -2.07. The molecule has 0 fully saturated rings. The van der Waals surface area contributed by atoms with Crippen molar-refractivity contribution in [2.45, 2.75) is 0 Å². The van der Waals surface area contributed by atoms with Gasteiger partial charge < -0.3 is 9.15 Å². The molecule has 78 valence electrons. The van der Waals surface area contributed by atoms with Crippen molar-refractivity contribution in [3.63, 3.8) is 0 Å². The third kappa shape index (κ3) is 1.58. The number of halogens is 2. The van der Waals surface area contributed by atoms with Gasteiger partial charge in [-0.3, -0.25) is 0 Å². The summed E-state index contributed by atoms with van der Waals surface area (Å²) in [7, 11) is 1.28. The van der Waals surface area contributed by atoms with Gasteiger partial charge >= 0.3 is 0 Å². The Balaban J connectivity index is 2.62. The number of hydrogen-bond donors (Lipinski definition) is 0. The van der Waals surface area contributed by atoms with Gasteiger partial charge in [-0.15, -0.1) is 0 Å². The second kappa shape index (κ2) is 3.73. The molecule has 1 heterocycles. The fraction of sp³-hybridized carbons (Fsp3) is 0.0909. The molecule has 15 heavy (non-hydrogen) atoms. The molecule has 0 bridgehead atoms. The Kier molecular flexibility index (Phi) is 2.41. The molecule has 0 saturated carbocycles. The van der Waals surface area contributed by atoms with Crippen LogP contribution >= 0.6 is 0 Å². The largest absolute Gasteiger partial charge is 0.493 e. The number of furan rings is 1. The summed E-state index contributed by atoms with van der Waals surface area (Å²) >= 11 is 0. The van der Waals surface area contributed by atoms with Gasteiger partial charge in [0.05, 0.1) is 18.9 Å². The lowest BCUT2D eigenvalue weighted by Crippen LogP contribution is -1.94. The van der Waals surface area contributed by atoms with Gasteiger partial charge in [0.1, 0.15) is 5.76 Å². The van der Waals surface area contributed by atoms with Gasteiger partial charge in [-0.2, -0.15) is 4.39 Å². The summed E-state index contributed by atoms with van der Waals surface area (Å²) in [5.41, 5.74) is 0.390. The van der Waals surface area contributed by atoms with Gasteiger partial charge in [-0.05, 0) is 24.3 Å². The van der Waals surface area contributed by atoms with Crippen molar-refractivity contribution >= 4 is 0 Å². The maximum Gasteiger partial charge on any atom is 0.201 e. The Morgan fingerprint density at radius 1 is 1.20 bits per heavy atom. The zero-order chi connectivity index (χ0) is 10.8. The lowest BCUT2D eigenvalue weighted by molar-refractivity contribution is 0.372. The predicted octanol–water partition coefficient (Wildman–Crippen LogP) is 3.23. The second-order valence-electron chi connectivity index (χ2n) is 2.92. The van der Waals surface area contributed by atoms with Crippen LogP contribution in [0.15, 0.2) is 34.9 Å². The van der Waals surface area contributed by atoms with Crippen LogP contribution in [0.25, 0.3) is 11.3 Å². The molecule has 0 saturated heterocycles. The third-order valence-corrected chi connectivity index (χ3v) is 2.04. The number of ether oxygens (including phenoxy) is 1. The van der Waals surface area contributed by atoms with E-state index in [1.807, 2.05) is 0 Å². The highest BCUT2D eigenvalue weighted by Crippen LogP contribution is 2.33. The van der Waals surface area contributed by atoms with Gasteiger partial charge in [0, 0.05) is 0 Å². The van der Waals surface area contributed by atoms with Crippen LogP contribution in [-0.2, 0) is 0 Å². The molecule has 2 nitrogen and oxygen atoms in total. The molecule has 1 aromatic carbocycles. The smallest absolute Gasteiger partial charge is 0.201 e. The maximum atomic E-state index is 13.3. The van der Waals surface area contributed by atoms with Crippen LogP contribution in [0.4, 0.5) is 8.78 Å². The van der Waals surface area contributed by atoms with Crippen LogP contribution in [0.2, 0.25) is 0 Å². The summed E-state index contributed by atoms with van der Waals surface area (Å²) in [6, 6.07) is 5.76. The second-order valence-corrected chi connectivity index (χ2v) is 2.92. The third-order valence-electron chi connectivity index (χ3n) is 2.04. The van der Waals surface area contributed by atoms with E-state index in [0.29, 0.717) is 11.3 Å². The van der Waals surface area contributed by atoms with Crippen molar-refractivity contribution < 1.29 is 17.9 Å². The number of rotatable bonds is 2. The van der Waals surface area contributed by atoms with Gasteiger partial charge in [-0.1, -0.05) is 0 Å². The molecule has 0 spiro atoms. The van der Waals surface area contributed by atoms with Gasteiger partial charge in [0.25, 0.3) is 0 Å². The quantitative estimate of drug-likeness (QED) is 0.759. The lowest BCUT2D eigenvalue weighted by atomic mass is 10.1. The van der Waals surface area contributed by atoms with Gasteiger partial charge in [0.15, 0.2) is 11.6 Å². The van der Waals surface area contributed by atoms with Gasteiger partial charge in [-0.25, -0.2) is 4.39 Å². The standard InChI is InChI=1S/C11H8F2O2/c1-14-11-7(9-3-2-6-15-9)4-5-8(12)10(11)13/h2-6H,1H3. The summed E-state index contributed by atoms with van der Waals surface area (Å²) in [4.78, 5) is 0. The molecule has 2 rings (SSSR count). The Labute approximate surface area is 85.1 Å². The highest BCUT2D eigenvalue weighted by Gasteiger charge is 2.16. The molecule has 0 aliphatic rings. The molecule has 0 radical (unpaired) electrons. The highest BCUT2D eigenvalue weighted by molar-refractivity contribution is 5.66. The van der Waals surface area contributed by atoms with Crippen molar-refractivity contribution in [3.05, 3.63) is 42.2 Å². The van der Waals surface area contributed by atoms with E-state index in [1.54, 1.807) is 12.1 Å². The zero-order valence-corrected chi connectivity index (χ0v) is 7.96. The minimum atomic E-state index is -1.01. The average Bonchev–Trinajstić information content (AvgIpc) is 2.75. The Bertz CT molecular complexity index is 464. The van der Waals surface area contributed by atoms with E-state index in [2.05, 4.69) is 0 Å². The van der Waals surface area contributed by atoms with Crippen LogP contribution in [0.5, 0.6) is 5.75 Å². The fourth-order valence-electron chi connectivity index (χ4n) is 1.36. The van der Waals surface area contributed by atoms with Gasteiger partial charge in [0.2, 0.25) is 5.82 Å². The first-order valence-electron chi connectivity index (χ1n) is 4.30. The molecule has 0 unspecified atom stereocenters. The minimum Gasteiger partial charge on any atom is -0.493 e. The summed E-state index contributed by atoms with van der Waals surface area (Å²) in [6.07, 6.45) is 1.45. The predicted molar refractivity (Wildman–Crippen MR) is 50.6 cm³/mol. The molecule has 0 N–H and O–H groups in total. The minimum absolute atomic E-state index is 0.148. The first-order valence-corrected chi connectivity index (χ1v) is 4.30. The molecule has 0 aliphatic carbocycles. The monoisotopic (exact) mass is 210 g/mol. The number of methoxy groups -OCH3 is 1. The maximum absolute atomic E-state index is 13.3. The van der Waals surface area contributed by atoms with Crippen molar-refractivity contribution in [2.24, 2.45) is 0 Å². The normalized spacial score (nSPS) is 10.3. The summed E-state index contributed by atoms with van der Waals surface area (Å²) in [5.74, 6) is -1.66. The SMILES string of the molecule is COc1c(-c2ccco2)ccc(F)c1F. The van der Waals surface area contributed by atoms with Crippen LogP contribution in [-0.4, -0.2) is 7.11 Å². The first-order chi connectivity index (χ1) is 7.24. The fourth-order valence-corrected chi connectivity index (χ4v) is 1.36. The molecule has 0 atom stereocenters. The molecular weight excluding hydrogens is 202 g/mol. The van der Waals surface area contributed by atoms with Crippen molar-refractivity contribution in [1.82, 2.24) is 0 Å². The van der Waals surface area contributed by atoms with Crippen molar-refractivity contribution in [2.75, 3.05) is 7.11 Å². The first kappa shape index (κ1) is 9.71. The number of benzene rings is 1. The summed E-state index contributed by atoms with van der Waals surface area (Å²) in [6.45, 7) is 0. The zero-order valence-electron chi connectivity index (χ0n) is 7.96. The van der Waals surface area contributed by atoms with Crippen LogP contribution in [0.1, 0.15) is 0 Å². The van der Waals surface area contributed by atoms with E-state index in [9.17, 15) is 8.78 Å². The molecular formula is C11H8F2O2. The van der Waals surface area contributed by atoms with Crippen molar-refractivity contribution in [1.29, 1.82) is 0 Å². The average molecular weight is 210 g/mol. The molecule has 4 heteroatoms. The Morgan fingerprint density at radius 2 is 2.00 bits per heavy atom. The molecule has 0 aliphatic heterocycles. The summed E-state index contributed by atoms with van der Waals surface area (Å²) in [5, 5.41) is 0. The summed E-state index contributed by atoms with van der Waals surface area (Å²) < 4.78 is 36.1. The molecule has 1 aromatic heterocycles. The number of hydrogen-bond acceptors (Lipinski definition) is 2. The van der Waals surface area contributed by atoms with Crippen molar-refractivity contribution in [3.8, 4) is 17.1 Å². The Morgan fingerprint density at radius 3 is 2.60 bits per heavy atom. The topological polar surface area (TPSA) is 22.4 Å². The van der Waals surface area contributed by atoms with Crippen LogP contribution < -0.4 is 4.74 Å². The molecule has 2 aromatic rings. The Hall–Kier alpha value is -1.84. The van der Waals surface area contributed by atoms with E-state index in [4.69, 9.17) is 9.15 Å². The van der Waals surface area contributed by atoms with E-state index >= 15 is 0 Å².